The summed E-state index contributed by atoms with van der Waals surface area (Å²) in [6, 6.07) is 15.6. The van der Waals surface area contributed by atoms with Gasteiger partial charge in [0.25, 0.3) is 0 Å². The lowest BCUT2D eigenvalue weighted by atomic mass is 9.69. The molecule has 0 aliphatic heterocycles. The third-order valence-electron chi connectivity index (χ3n) is 6.55. The van der Waals surface area contributed by atoms with E-state index >= 15 is 0 Å². The average molecular weight is 479 g/mol. The van der Waals surface area contributed by atoms with E-state index in [9.17, 15) is 14.9 Å². The second-order valence-corrected chi connectivity index (χ2v) is 9.31. The average Bonchev–Trinajstić information content (AvgIpc) is 2.88. The highest BCUT2D eigenvalue weighted by molar-refractivity contribution is 5.89. The zero-order chi connectivity index (χ0) is 25.8. The fourth-order valence-corrected chi connectivity index (χ4v) is 4.29. The summed E-state index contributed by atoms with van der Waals surface area (Å²) in [6.45, 7) is 8.22. The van der Waals surface area contributed by atoms with Gasteiger partial charge < -0.3 is 14.4 Å². The quantitative estimate of drug-likeness (QED) is 0.265. The lowest BCUT2D eigenvalue weighted by Crippen LogP contribution is -2.32. The van der Waals surface area contributed by atoms with Gasteiger partial charge in [-0.15, -0.1) is 0 Å². The number of ether oxygens (including phenoxy) is 2. The Morgan fingerprint density at radius 1 is 1.20 bits per heavy atom. The Bertz CT molecular complexity index is 1030. The monoisotopic (exact) mass is 478 g/mol. The Morgan fingerprint density at radius 2 is 1.97 bits per heavy atom. The van der Waals surface area contributed by atoms with Gasteiger partial charge in [-0.05, 0) is 80.6 Å². The van der Waals surface area contributed by atoms with Gasteiger partial charge >= 0.3 is 5.97 Å². The van der Waals surface area contributed by atoms with E-state index in [0.717, 1.165) is 49.8 Å². The summed E-state index contributed by atoms with van der Waals surface area (Å²) >= 11 is 0. The first-order valence-electron chi connectivity index (χ1n) is 12.3. The zero-order valence-electron chi connectivity index (χ0n) is 21.7. The van der Waals surface area contributed by atoms with Crippen LogP contribution in [0.1, 0.15) is 71.9 Å². The molecule has 0 bridgehead atoms. The van der Waals surface area contributed by atoms with Gasteiger partial charge in [0, 0.05) is 6.54 Å². The standard InChI is InChI=1S/C29H38N2O4/c1-6-17-35-28(33)24-10-7-9-23(18-24)13-16-31(4)15-8-14-29(21-30,22(2)3)26-12-11-25(20-32)27(19-26)34-5/h7,9-12,18-20,22H,6,8,13-17H2,1-5H3. The molecular weight excluding hydrogens is 440 g/mol. The summed E-state index contributed by atoms with van der Waals surface area (Å²) in [6.07, 6.45) is 3.95. The van der Waals surface area contributed by atoms with Gasteiger partial charge in [-0.1, -0.05) is 39.0 Å². The minimum atomic E-state index is -0.664. The largest absolute Gasteiger partial charge is 0.496 e. The summed E-state index contributed by atoms with van der Waals surface area (Å²) < 4.78 is 10.6. The van der Waals surface area contributed by atoms with Crippen LogP contribution in [0, 0.1) is 17.2 Å². The maximum absolute atomic E-state index is 12.1. The van der Waals surface area contributed by atoms with Crippen molar-refractivity contribution in [3.8, 4) is 11.8 Å². The van der Waals surface area contributed by atoms with Gasteiger partial charge in [-0.3, -0.25) is 4.79 Å². The molecule has 0 aromatic heterocycles. The van der Waals surface area contributed by atoms with Crippen LogP contribution in [0.4, 0.5) is 0 Å². The molecule has 0 fully saturated rings. The van der Waals surface area contributed by atoms with Crippen molar-refractivity contribution in [1.29, 1.82) is 5.26 Å². The van der Waals surface area contributed by atoms with E-state index in [-0.39, 0.29) is 11.9 Å². The van der Waals surface area contributed by atoms with Crippen molar-refractivity contribution in [3.63, 3.8) is 0 Å². The van der Waals surface area contributed by atoms with Crippen molar-refractivity contribution >= 4 is 12.3 Å². The van der Waals surface area contributed by atoms with Crippen LogP contribution >= 0.6 is 0 Å². The minimum Gasteiger partial charge on any atom is -0.496 e. The summed E-state index contributed by atoms with van der Waals surface area (Å²) in [5.74, 6) is 0.317. The molecule has 0 radical (unpaired) electrons. The molecule has 2 aromatic rings. The lowest BCUT2D eigenvalue weighted by molar-refractivity contribution is 0.0505. The number of carbonyl (C=O) groups excluding carboxylic acids is 2. The van der Waals surface area contributed by atoms with Crippen LogP contribution in [0.3, 0.4) is 0 Å². The predicted molar refractivity (Wildman–Crippen MR) is 138 cm³/mol. The second-order valence-electron chi connectivity index (χ2n) is 9.31. The molecule has 0 heterocycles. The molecule has 0 N–H and O–H groups in total. The number of nitrogens with zero attached hydrogens (tertiary/aromatic N) is 2. The Balaban J connectivity index is 1.99. The van der Waals surface area contributed by atoms with Gasteiger partial charge in [-0.2, -0.15) is 5.26 Å². The van der Waals surface area contributed by atoms with Crippen LogP contribution in [-0.2, 0) is 16.6 Å². The lowest BCUT2D eigenvalue weighted by Gasteiger charge is -2.32. The molecular formula is C29H38N2O4. The van der Waals surface area contributed by atoms with Crippen LogP contribution in [0.2, 0.25) is 0 Å². The number of likely N-dealkylation sites (N-methyl/N-ethyl adjacent to an activating group) is 1. The molecule has 35 heavy (non-hydrogen) atoms. The summed E-state index contributed by atoms with van der Waals surface area (Å²) in [7, 11) is 3.61. The van der Waals surface area contributed by atoms with E-state index in [1.165, 1.54) is 7.11 Å². The van der Waals surface area contributed by atoms with Crippen molar-refractivity contribution in [2.45, 2.75) is 51.9 Å². The number of benzene rings is 2. The topological polar surface area (TPSA) is 79.6 Å². The van der Waals surface area contributed by atoms with Gasteiger partial charge in [0.05, 0.1) is 36.3 Å². The molecule has 2 aromatic carbocycles. The normalized spacial score (nSPS) is 12.7. The molecule has 0 amide bonds. The van der Waals surface area contributed by atoms with Gasteiger partial charge in [-0.25, -0.2) is 4.79 Å². The number of nitriles is 1. The highest BCUT2D eigenvalue weighted by Gasteiger charge is 2.36. The summed E-state index contributed by atoms with van der Waals surface area (Å²) in [4.78, 5) is 25.7. The van der Waals surface area contributed by atoms with Gasteiger partial charge in [0.15, 0.2) is 6.29 Å². The van der Waals surface area contributed by atoms with E-state index < -0.39 is 5.41 Å². The zero-order valence-corrected chi connectivity index (χ0v) is 21.7. The highest BCUT2D eigenvalue weighted by atomic mass is 16.5. The van der Waals surface area contributed by atoms with Crippen molar-refractivity contribution in [2.24, 2.45) is 5.92 Å². The molecule has 1 atom stereocenters. The van der Waals surface area contributed by atoms with Crippen LogP contribution in [-0.4, -0.2) is 51.0 Å². The van der Waals surface area contributed by atoms with Crippen LogP contribution in [0.5, 0.6) is 5.75 Å². The number of hydrogen-bond acceptors (Lipinski definition) is 6. The molecule has 0 saturated carbocycles. The van der Waals surface area contributed by atoms with Crippen LogP contribution in [0.15, 0.2) is 42.5 Å². The maximum atomic E-state index is 12.1. The SMILES string of the molecule is CCCOC(=O)c1cccc(CCN(C)CCCC(C#N)(c2ccc(C=O)c(OC)c2)C(C)C)c1. The first kappa shape index (κ1) is 28.1. The first-order valence-corrected chi connectivity index (χ1v) is 12.3. The van der Waals surface area contributed by atoms with Gasteiger partial charge in [0.1, 0.15) is 5.75 Å². The molecule has 1 unspecified atom stereocenters. The van der Waals surface area contributed by atoms with E-state index in [0.29, 0.717) is 29.9 Å². The molecule has 2 rings (SSSR count). The number of rotatable bonds is 14. The summed E-state index contributed by atoms with van der Waals surface area (Å²) in [5.41, 5.74) is 2.38. The van der Waals surface area contributed by atoms with Crippen molar-refractivity contribution in [2.75, 3.05) is 33.9 Å². The molecule has 0 aliphatic carbocycles. The van der Waals surface area contributed by atoms with Crippen molar-refractivity contribution in [1.82, 2.24) is 4.90 Å². The van der Waals surface area contributed by atoms with E-state index in [2.05, 4.69) is 31.9 Å². The number of methoxy groups -OCH3 is 1. The summed E-state index contributed by atoms with van der Waals surface area (Å²) in [5, 5.41) is 10.2. The Kier molecular flexibility index (Phi) is 10.9. The Labute approximate surface area is 209 Å². The Morgan fingerprint density at radius 3 is 2.60 bits per heavy atom. The third kappa shape index (κ3) is 7.40. The highest BCUT2D eigenvalue weighted by Crippen LogP contribution is 2.38. The smallest absolute Gasteiger partial charge is 0.338 e. The molecule has 6 heteroatoms. The molecule has 0 saturated heterocycles. The predicted octanol–water partition coefficient (Wildman–Crippen LogP) is 5.45. The van der Waals surface area contributed by atoms with Crippen molar-refractivity contribution in [3.05, 3.63) is 64.7 Å². The van der Waals surface area contributed by atoms with Crippen molar-refractivity contribution < 1.29 is 19.1 Å². The fourth-order valence-electron chi connectivity index (χ4n) is 4.29. The molecule has 6 nitrogen and oxygen atoms in total. The molecule has 0 spiro atoms. The fraction of sp³-hybridized carbons (Fsp3) is 0.483. The van der Waals surface area contributed by atoms with Crippen LogP contribution < -0.4 is 4.74 Å². The molecule has 188 valence electrons. The number of esters is 1. The first-order chi connectivity index (χ1) is 16.8. The van der Waals surface area contributed by atoms with E-state index in [1.807, 2.05) is 37.3 Å². The number of aldehydes is 1. The minimum absolute atomic E-state index is 0.0970. The number of hydrogen-bond donors (Lipinski definition) is 0. The van der Waals surface area contributed by atoms with E-state index in [4.69, 9.17) is 9.47 Å². The molecule has 0 aliphatic rings. The Hall–Kier alpha value is -3.17. The maximum Gasteiger partial charge on any atom is 0.338 e. The second kappa shape index (κ2) is 13.7. The van der Waals surface area contributed by atoms with Gasteiger partial charge in [0.2, 0.25) is 0 Å². The third-order valence-corrected chi connectivity index (χ3v) is 6.55. The number of carbonyl (C=O) groups is 2. The van der Waals surface area contributed by atoms with E-state index in [1.54, 1.807) is 12.1 Å². The van der Waals surface area contributed by atoms with Crippen LogP contribution in [0.25, 0.3) is 0 Å².